The van der Waals surface area contributed by atoms with Crippen LogP contribution < -0.4 is 11.2 Å². The lowest BCUT2D eigenvalue weighted by Gasteiger charge is -2.30. The zero-order valence-corrected chi connectivity index (χ0v) is 20.4. The Morgan fingerprint density at radius 3 is 2.36 bits per heavy atom. The summed E-state index contributed by atoms with van der Waals surface area (Å²) in [6.07, 6.45) is 4.69. The van der Waals surface area contributed by atoms with Crippen molar-refractivity contribution in [2.24, 2.45) is 18.9 Å². The maximum atomic E-state index is 13.5. The molecule has 0 unspecified atom stereocenters. The van der Waals surface area contributed by atoms with E-state index in [2.05, 4.69) is 13.8 Å². The van der Waals surface area contributed by atoms with Crippen molar-refractivity contribution in [3.05, 3.63) is 61.5 Å². The number of fused-ring (bicyclic) bond motifs is 1. The molecule has 178 valence electrons. The highest BCUT2D eigenvalue weighted by Crippen LogP contribution is 2.39. The van der Waals surface area contributed by atoms with Crippen LogP contribution in [0, 0.1) is 11.8 Å². The number of hydrogen-bond donors (Lipinski definition) is 1. The van der Waals surface area contributed by atoms with Gasteiger partial charge in [-0.25, -0.2) is 9.78 Å². The fourth-order valence-corrected chi connectivity index (χ4v) is 5.23. The van der Waals surface area contributed by atoms with Crippen LogP contribution in [-0.4, -0.2) is 30.4 Å². The second-order valence-corrected chi connectivity index (χ2v) is 10.0. The van der Waals surface area contributed by atoms with Gasteiger partial charge in [-0.15, -0.1) is 0 Å². The molecule has 0 bridgehead atoms. The van der Waals surface area contributed by atoms with Crippen LogP contribution in [0.4, 0.5) is 0 Å². The van der Waals surface area contributed by atoms with E-state index in [4.69, 9.17) is 16.6 Å². The molecule has 33 heavy (non-hydrogen) atoms. The third-order valence-electron chi connectivity index (χ3n) is 7.14. The van der Waals surface area contributed by atoms with Crippen molar-refractivity contribution in [2.45, 2.75) is 65.0 Å². The molecule has 0 spiro atoms. The van der Waals surface area contributed by atoms with Gasteiger partial charge in [-0.3, -0.25) is 13.9 Å². The number of imidazole rings is 1. The summed E-state index contributed by atoms with van der Waals surface area (Å²) >= 11 is 6.08. The minimum Gasteiger partial charge on any atom is -0.396 e. The van der Waals surface area contributed by atoms with E-state index in [9.17, 15) is 14.7 Å². The highest BCUT2D eigenvalue weighted by molar-refractivity contribution is 6.30. The number of hydrogen-bond acceptors (Lipinski definition) is 4. The summed E-state index contributed by atoms with van der Waals surface area (Å²) in [6.45, 7) is 5.15. The first kappa shape index (κ1) is 23.8. The highest BCUT2D eigenvalue weighted by atomic mass is 35.5. The van der Waals surface area contributed by atoms with Crippen molar-refractivity contribution >= 4 is 22.8 Å². The molecule has 0 aliphatic heterocycles. The molecular weight excluding hydrogens is 440 g/mol. The Bertz CT molecular complexity index is 1230. The molecule has 2 heterocycles. The van der Waals surface area contributed by atoms with Gasteiger partial charge in [0.2, 0.25) is 0 Å². The maximum absolute atomic E-state index is 13.5. The summed E-state index contributed by atoms with van der Waals surface area (Å²) in [7, 11) is 1.67. The topological polar surface area (TPSA) is 82.1 Å². The average molecular weight is 473 g/mol. The number of aryl methyl sites for hydroxylation is 1. The van der Waals surface area contributed by atoms with E-state index in [1.165, 1.54) is 9.13 Å². The molecule has 2 aromatic heterocycles. The van der Waals surface area contributed by atoms with Crippen molar-refractivity contribution in [1.82, 2.24) is 18.7 Å². The molecule has 1 aromatic carbocycles. The van der Waals surface area contributed by atoms with Crippen LogP contribution in [0.2, 0.25) is 5.02 Å². The molecule has 0 saturated heterocycles. The smallest absolute Gasteiger partial charge is 0.332 e. The van der Waals surface area contributed by atoms with Gasteiger partial charge < -0.3 is 9.67 Å². The molecule has 7 nitrogen and oxygen atoms in total. The SMILES string of the molecule is CC(C)C1CCC(c2nc3c(c(=O)n(CCCO)c(=O)n3C)n2Cc2ccc(Cl)cc2)CC1. The van der Waals surface area contributed by atoms with Crippen LogP contribution in [0.3, 0.4) is 0 Å². The van der Waals surface area contributed by atoms with Crippen molar-refractivity contribution in [3.8, 4) is 0 Å². The number of benzene rings is 1. The molecule has 0 radical (unpaired) electrons. The number of aliphatic hydroxyl groups is 1. The second kappa shape index (κ2) is 9.85. The van der Waals surface area contributed by atoms with Crippen molar-refractivity contribution in [1.29, 1.82) is 0 Å². The monoisotopic (exact) mass is 472 g/mol. The summed E-state index contributed by atoms with van der Waals surface area (Å²) in [5.74, 6) is 2.52. The predicted molar refractivity (Wildman–Crippen MR) is 131 cm³/mol. The van der Waals surface area contributed by atoms with Crippen molar-refractivity contribution in [2.75, 3.05) is 6.61 Å². The molecule has 8 heteroatoms. The normalized spacial score (nSPS) is 19.0. The quantitative estimate of drug-likeness (QED) is 0.565. The van der Waals surface area contributed by atoms with Gasteiger partial charge in [-0.2, -0.15) is 0 Å². The van der Waals surface area contributed by atoms with Crippen LogP contribution in [0.25, 0.3) is 11.2 Å². The van der Waals surface area contributed by atoms with E-state index in [-0.39, 0.29) is 24.6 Å². The summed E-state index contributed by atoms with van der Waals surface area (Å²) in [4.78, 5) is 31.3. The Morgan fingerprint density at radius 2 is 1.76 bits per heavy atom. The highest BCUT2D eigenvalue weighted by Gasteiger charge is 2.30. The van der Waals surface area contributed by atoms with E-state index >= 15 is 0 Å². The zero-order valence-electron chi connectivity index (χ0n) is 19.6. The third-order valence-corrected chi connectivity index (χ3v) is 7.39. The van der Waals surface area contributed by atoms with Crippen LogP contribution in [0.1, 0.15) is 63.3 Å². The molecule has 0 atom stereocenters. The van der Waals surface area contributed by atoms with Gasteiger partial charge in [-0.1, -0.05) is 37.6 Å². The molecule has 1 saturated carbocycles. The van der Waals surface area contributed by atoms with Gasteiger partial charge in [0.05, 0.1) is 0 Å². The Kier molecular flexibility index (Phi) is 7.10. The van der Waals surface area contributed by atoms with Gasteiger partial charge >= 0.3 is 5.69 Å². The van der Waals surface area contributed by atoms with Gasteiger partial charge in [-0.05, 0) is 61.6 Å². The van der Waals surface area contributed by atoms with Gasteiger partial charge in [0.25, 0.3) is 5.56 Å². The number of halogens is 1. The van der Waals surface area contributed by atoms with E-state index in [0.29, 0.717) is 35.1 Å². The van der Waals surface area contributed by atoms with Gasteiger partial charge in [0.15, 0.2) is 11.2 Å². The van der Waals surface area contributed by atoms with Crippen LogP contribution in [-0.2, 0) is 20.1 Å². The Morgan fingerprint density at radius 1 is 1.09 bits per heavy atom. The first-order valence-electron chi connectivity index (χ1n) is 11.9. The van der Waals surface area contributed by atoms with E-state index in [1.807, 2.05) is 28.8 Å². The fraction of sp³-hybridized carbons (Fsp3) is 0.560. The Labute approximate surface area is 198 Å². The lowest BCUT2D eigenvalue weighted by Crippen LogP contribution is -2.40. The molecule has 1 aliphatic carbocycles. The summed E-state index contributed by atoms with van der Waals surface area (Å²) in [6, 6.07) is 7.61. The first-order chi connectivity index (χ1) is 15.8. The minimum absolute atomic E-state index is 0.0813. The van der Waals surface area contributed by atoms with Crippen molar-refractivity contribution < 1.29 is 5.11 Å². The van der Waals surface area contributed by atoms with Crippen LogP contribution >= 0.6 is 11.6 Å². The van der Waals surface area contributed by atoms with Gasteiger partial charge in [0, 0.05) is 37.7 Å². The molecule has 0 amide bonds. The summed E-state index contributed by atoms with van der Waals surface area (Å²) < 4.78 is 4.70. The molecule has 4 rings (SSSR count). The maximum Gasteiger partial charge on any atom is 0.332 e. The predicted octanol–water partition coefficient (Wildman–Crippen LogP) is 3.91. The van der Waals surface area contributed by atoms with Crippen LogP contribution in [0.15, 0.2) is 33.9 Å². The zero-order chi connectivity index (χ0) is 23.7. The fourth-order valence-electron chi connectivity index (χ4n) is 5.10. The number of aliphatic hydroxyl groups excluding tert-OH is 1. The first-order valence-corrected chi connectivity index (χ1v) is 12.2. The Balaban J connectivity index is 1.86. The summed E-state index contributed by atoms with van der Waals surface area (Å²) in [5, 5.41) is 9.91. The lowest BCUT2D eigenvalue weighted by atomic mass is 9.76. The molecule has 3 aromatic rings. The van der Waals surface area contributed by atoms with E-state index in [0.717, 1.165) is 43.0 Å². The van der Waals surface area contributed by atoms with Crippen molar-refractivity contribution in [3.63, 3.8) is 0 Å². The van der Waals surface area contributed by atoms with E-state index in [1.54, 1.807) is 7.05 Å². The largest absolute Gasteiger partial charge is 0.396 e. The molecule has 1 N–H and O–H groups in total. The summed E-state index contributed by atoms with van der Waals surface area (Å²) in [5.41, 5.74) is 1.16. The number of nitrogens with zero attached hydrogens (tertiary/aromatic N) is 4. The Hall–Kier alpha value is -2.38. The third kappa shape index (κ3) is 4.66. The number of rotatable bonds is 7. The van der Waals surface area contributed by atoms with E-state index < -0.39 is 5.69 Å². The second-order valence-electron chi connectivity index (χ2n) is 9.59. The molecule has 1 aliphatic rings. The minimum atomic E-state index is -0.396. The lowest BCUT2D eigenvalue weighted by molar-refractivity contribution is 0.253. The average Bonchev–Trinajstić information content (AvgIpc) is 3.18. The standard InChI is InChI=1S/C25H33ClN4O3/c1-16(2)18-7-9-19(10-8-18)22-27-23-21(30(22)15-17-5-11-20(26)12-6-17)24(32)29(13-4-14-31)25(33)28(23)3/h5-6,11-12,16,18-19,31H,4,7-10,13-15H2,1-3H3. The number of aromatic nitrogens is 4. The molecule has 1 fully saturated rings. The molecular formula is C25H33ClN4O3. The van der Waals surface area contributed by atoms with Gasteiger partial charge in [0.1, 0.15) is 5.82 Å². The van der Waals surface area contributed by atoms with Crippen LogP contribution in [0.5, 0.6) is 0 Å².